The summed E-state index contributed by atoms with van der Waals surface area (Å²) in [4.78, 5) is 25.6. The lowest BCUT2D eigenvalue weighted by molar-refractivity contribution is -0.122. The molecular weight excluding hydrogens is 429 g/mol. The SMILES string of the molecule is C=CCN1C(=O)S/C(=C\c2cc(I)c(OCC)c(OC)c2)C1=O. The highest BCUT2D eigenvalue weighted by Crippen LogP contribution is 2.37. The molecule has 122 valence electrons. The number of imide groups is 1. The van der Waals surface area contributed by atoms with Gasteiger partial charge in [-0.2, -0.15) is 0 Å². The Hall–Kier alpha value is -1.48. The number of nitrogens with zero attached hydrogens (tertiary/aromatic N) is 1. The van der Waals surface area contributed by atoms with Gasteiger partial charge in [0.15, 0.2) is 11.5 Å². The molecule has 7 heteroatoms. The van der Waals surface area contributed by atoms with Gasteiger partial charge in [-0.15, -0.1) is 6.58 Å². The second-order valence-electron chi connectivity index (χ2n) is 4.55. The number of rotatable bonds is 6. The lowest BCUT2D eigenvalue weighted by Gasteiger charge is -2.12. The van der Waals surface area contributed by atoms with Gasteiger partial charge in [-0.25, -0.2) is 0 Å². The predicted molar refractivity (Wildman–Crippen MR) is 99.8 cm³/mol. The minimum Gasteiger partial charge on any atom is -0.493 e. The Balaban J connectivity index is 2.36. The van der Waals surface area contributed by atoms with Crippen molar-refractivity contribution in [3.05, 3.63) is 38.8 Å². The summed E-state index contributed by atoms with van der Waals surface area (Å²) in [5.74, 6) is 0.964. The number of hydrogen-bond acceptors (Lipinski definition) is 5. The van der Waals surface area contributed by atoms with Crippen LogP contribution < -0.4 is 9.47 Å². The molecule has 1 aromatic carbocycles. The van der Waals surface area contributed by atoms with Crippen molar-refractivity contribution >= 4 is 51.6 Å². The van der Waals surface area contributed by atoms with Crippen molar-refractivity contribution in [1.82, 2.24) is 4.90 Å². The second kappa shape index (κ2) is 7.87. The van der Waals surface area contributed by atoms with E-state index in [-0.39, 0.29) is 17.7 Å². The monoisotopic (exact) mass is 445 g/mol. The molecule has 0 aromatic heterocycles. The van der Waals surface area contributed by atoms with Crippen LogP contribution in [0.5, 0.6) is 11.5 Å². The maximum atomic E-state index is 12.2. The molecule has 2 amide bonds. The Morgan fingerprint density at radius 3 is 2.74 bits per heavy atom. The minimum absolute atomic E-state index is 0.214. The van der Waals surface area contributed by atoms with Crippen LogP contribution in [0.3, 0.4) is 0 Å². The van der Waals surface area contributed by atoms with Crippen molar-refractivity contribution in [2.45, 2.75) is 6.92 Å². The van der Waals surface area contributed by atoms with E-state index in [2.05, 4.69) is 29.2 Å². The van der Waals surface area contributed by atoms with Crippen molar-refractivity contribution < 1.29 is 19.1 Å². The molecule has 0 N–H and O–H groups in total. The molecule has 1 aliphatic heterocycles. The van der Waals surface area contributed by atoms with Gasteiger partial charge in [-0.3, -0.25) is 14.5 Å². The quantitative estimate of drug-likeness (QED) is 0.378. The molecule has 0 bridgehead atoms. The van der Waals surface area contributed by atoms with Gasteiger partial charge < -0.3 is 9.47 Å². The third kappa shape index (κ3) is 3.89. The number of amides is 2. The van der Waals surface area contributed by atoms with Crippen LogP contribution in [0.2, 0.25) is 0 Å². The van der Waals surface area contributed by atoms with E-state index in [1.807, 2.05) is 13.0 Å². The molecule has 0 unspecified atom stereocenters. The topological polar surface area (TPSA) is 55.8 Å². The number of benzene rings is 1. The highest BCUT2D eigenvalue weighted by Gasteiger charge is 2.34. The Morgan fingerprint density at radius 2 is 2.13 bits per heavy atom. The van der Waals surface area contributed by atoms with Gasteiger partial charge in [-0.05, 0) is 65.0 Å². The molecule has 0 spiro atoms. The molecular formula is C16H16INO4S. The van der Waals surface area contributed by atoms with Crippen LogP contribution >= 0.6 is 34.4 Å². The molecule has 1 heterocycles. The highest BCUT2D eigenvalue weighted by molar-refractivity contribution is 14.1. The predicted octanol–water partition coefficient (Wildman–Crippen LogP) is 3.92. The first kappa shape index (κ1) is 17.9. The molecule has 5 nitrogen and oxygen atoms in total. The fraction of sp³-hybridized carbons (Fsp3) is 0.250. The first-order chi connectivity index (χ1) is 11.0. The summed E-state index contributed by atoms with van der Waals surface area (Å²) >= 11 is 3.08. The molecule has 0 radical (unpaired) electrons. The molecule has 1 fully saturated rings. The van der Waals surface area contributed by atoms with E-state index in [1.165, 1.54) is 11.0 Å². The summed E-state index contributed by atoms with van der Waals surface area (Å²) in [7, 11) is 1.57. The zero-order valence-corrected chi connectivity index (χ0v) is 15.8. The van der Waals surface area contributed by atoms with E-state index in [4.69, 9.17) is 9.47 Å². The molecule has 0 saturated carbocycles. The van der Waals surface area contributed by atoms with Gasteiger partial charge in [0.25, 0.3) is 11.1 Å². The number of hydrogen-bond donors (Lipinski definition) is 0. The van der Waals surface area contributed by atoms with Gasteiger partial charge in [0.05, 0.1) is 22.2 Å². The smallest absolute Gasteiger partial charge is 0.293 e. The Bertz CT molecular complexity index is 687. The normalized spacial score (nSPS) is 16.1. The minimum atomic E-state index is -0.303. The third-order valence-electron chi connectivity index (χ3n) is 3.02. The van der Waals surface area contributed by atoms with E-state index < -0.39 is 0 Å². The maximum absolute atomic E-state index is 12.2. The van der Waals surface area contributed by atoms with Crippen molar-refractivity contribution in [3.63, 3.8) is 0 Å². The summed E-state index contributed by atoms with van der Waals surface area (Å²) in [6, 6.07) is 3.67. The van der Waals surface area contributed by atoms with Crippen LogP contribution in [0.1, 0.15) is 12.5 Å². The highest BCUT2D eigenvalue weighted by atomic mass is 127. The molecule has 1 aliphatic rings. The zero-order chi connectivity index (χ0) is 17.0. The maximum Gasteiger partial charge on any atom is 0.293 e. The fourth-order valence-corrected chi connectivity index (χ4v) is 3.67. The third-order valence-corrected chi connectivity index (χ3v) is 4.73. The van der Waals surface area contributed by atoms with Crippen LogP contribution in [0.4, 0.5) is 4.79 Å². The molecule has 2 rings (SSSR count). The van der Waals surface area contributed by atoms with Gasteiger partial charge in [0, 0.05) is 6.54 Å². The number of carbonyl (C=O) groups excluding carboxylic acids is 2. The Kier molecular flexibility index (Phi) is 6.11. The van der Waals surface area contributed by atoms with Crippen molar-refractivity contribution in [3.8, 4) is 11.5 Å². The van der Waals surface area contributed by atoms with Crippen LogP contribution in [0.15, 0.2) is 29.7 Å². The molecule has 0 atom stereocenters. The summed E-state index contributed by atoms with van der Waals surface area (Å²) in [6.45, 7) is 6.21. The van der Waals surface area contributed by atoms with Crippen LogP contribution in [0.25, 0.3) is 6.08 Å². The van der Waals surface area contributed by atoms with Crippen molar-refractivity contribution in [2.24, 2.45) is 0 Å². The van der Waals surface area contributed by atoms with E-state index in [0.29, 0.717) is 23.0 Å². The summed E-state index contributed by atoms with van der Waals surface area (Å²) in [5, 5.41) is -0.284. The number of ether oxygens (including phenoxy) is 2. The number of halogens is 1. The van der Waals surface area contributed by atoms with E-state index >= 15 is 0 Å². The van der Waals surface area contributed by atoms with Gasteiger partial charge in [0.1, 0.15) is 0 Å². The lowest BCUT2D eigenvalue weighted by Crippen LogP contribution is -2.27. The Morgan fingerprint density at radius 1 is 1.39 bits per heavy atom. The molecule has 1 saturated heterocycles. The summed E-state index contributed by atoms with van der Waals surface area (Å²) < 4.78 is 11.8. The van der Waals surface area contributed by atoms with Crippen molar-refractivity contribution in [2.75, 3.05) is 20.3 Å². The summed E-state index contributed by atoms with van der Waals surface area (Å²) in [5.41, 5.74) is 0.777. The first-order valence-electron chi connectivity index (χ1n) is 6.88. The van der Waals surface area contributed by atoms with E-state index in [9.17, 15) is 9.59 Å². The first-order valence-corrected chi connectivity index (χ1v) is 8.77. The van der Waals surface area contributed by atoms with Crippen LogP contribution in [0, 0.1) is 3.57 Å². The number of carbonyl (C=O) groups is 2. The van der Waals surface area contributed by atoms with Gasteiger partial charge in [0.2, 0.25) is 0 Å². The zero-order valence-electron chi connectivity index (χ0n) is 12.8. The standard InChI is InChI=1S/C16H16INO4S/c1-4-6-18-15(19)13(23-16(18)20)9-10-7-11(17)14(22-5-2)12(8-10)21-3/h4,7-9H,1,5-6H2,2-3H3/b13-9-. The van der Waals surface area contributed by atoms with Gasteiger partial charge in [-0.1, -0.05) is 6.08 Å². The number of thioether (sulfide) groups is 1. The fourth-order valence-electron chi connectivity index (χ4n) is 2.05. The molecule has 23 heavy (non-hydrogen) atoms. The van der Waals surface area contributed by atoms with Gasteiger partial charge >= 0.3 is 0 Å². The largest absolute Gasteiger partial charge is 0.493 e. The summed E-state index contributed by atoms with van der Waals surface area (Å²) in [6.07, 6.45) is 3.22. The average molecular weight is 445 g/mol. The Labute approximate surface area is 152 Å². The lowest BCUT2D eigenvalue weighted by atomic mass is 10.2. The van der Waals surface area contributed by atoms with Crippen molar-refractivity contribution in [1.29, 1.82) is 0 Å². The van der Waals surface area contributed by atoms with E-state index in [0.717, 1.165) is 20.9 Å². The average Bonchev–Trinajstić information content (AvgIpc) is 2.77. The molecule has 0 aliphatic carbocycles. The number of methoxy groups -OCH3 is 1. The van der Waals surface area contributed by atoms with Crippen LogP contribution in [-0.2, 0) is 4.79 Å². The molecule has 1 aromatic rings. The second-order valence-corrected chi connectivity index (χ2v) is 6.70. The van der Waals surface area contributed by atoms with Crippen LogP contribution in [-0.4, -0.2) is 36.3 Å². The van der Waals surface area contributed by atoms with E-state index in [1.54, 1.807) is 19.3 Å².